The highest BCUT2D eigenvalue weighted by Gasteiger charge is 2.40. The lowest BCUT2D eigenvalue weighted by atomic mass is 9.74. The van der Waals surface area contributed by atoms with Crippen molar-refractivity contribution >= 4 is 5.71 Å². The van der Waals surface area contributed by atoms with Gasteiger partial charge in [0.25, 0.3) is 5.92 Å². The van der Waals surface area contributed by atoms with E-state index in [0.29, 0.717) is 60.6 Å². The number of hydrazone groups is 1. The van der Waals surface area contributed by atoms with E-state index in [1.807, 2.05) is 4.68 Å². The van der Waals surface area contributed by atoms with Crippen LogP contribution in [-0.2, 0) is 18.9 Å². The van der Waals surface area contributed by atoms with Crippen molar-refractivity contribution in [2.24, 2.45) is 46.5 Å². The number of nitrogens with zero attached hydrogens (tertiary/aromatic N) is 4. The number of allylic oxidation sites excluding steroid dienone is 2. The van der Waals surface area contributed by atoms with Gasteiger partial charge < -0.3 is 0 Å². The van der Waals surface area contributed by atoms with Crippen molar-refractivity contribution in [3.63, 3.8) is 0 Å². The Morgan fingerprint density at radius 3 is 2.50 bits per heavy atom. The molecule has 2 aliphatic carbocycles. The van der Waals surface area contributed by atoms with Gasteiger partial charge in [0.15, 0.2) is 5.69 Å². The smallest absolute Gasteiger partial charge is 0.282 e. The number of hydrogen-bond acceptors (Lipinski definition) is 4. The molecule has 3 aliphatic rings. The van der Waals surface area contributed by atoms with Crippen LogP contribution < -0.4 is 5.43 Å². The number of hydrogen-bond donors (Lipinski definition) is 1. The lowest BCUT2D eigenvalue weighted by Gasteiger charge is -2.35. The van der Waals surface area contributed by atoms with Crippen LogP contribution in [0.2, 0.25) is 0 Å². The maximum absolute atomic E-state index is 15.0. The molecule has 5 nitrogen and oxygen atoms in total. The van der Waals surface area contributed by atoms with Crippen molar-refractivity contribution in [2.45, 2.75) is 138 Å². The molecule has 1 fully saturated rings. The molecule has 1 aromatic rings. The number of nitrogens with one attached hydrogen (secondary N) is 1. The quantitative estimate of drug-likeness (QED) is 0.329. The molecule has 1 saturated carbocycles. The predicted octanol–water partition coefficient (Wildman–Crippen LogP) is 8.90. The SMILES string of the molecule is CC1=NNC(C(C)C)=C2CCCC(C(C)CCC(C)Cn3nnc4c3CC(CC(C)C)CCCC4(F)F)CCC12. The molecule has 0 aromatic carbocycles. The van der Waals surface area contributed by atoms with Crippen LogP contribution in [-0.4, -0.2) is 20.7 Å². The molecule has 7 heteroatoms. The van der Waals surface area contributed by atoms with E-state index in [0.717, 1.165) is 25.2 Å². The normalized spacial score (nSPS) is 27.1. The minimum absolute atomic E-state index is 0.0539. The summed E-state index contributed by atoms with van der Waals surface area (Å²) in [7, 11) is 0. The highest BCUT2D eigenvalue weighted by Crippen LogP contribution is 2.41. The molecule has 226 valence electrons. The molecular weight excluding hydrogens is 504 g/mol. The van der Waals surface area contributed by atoms with Crippen LogP contribution in [0.5, 0.6) is 0 Å². The van der Waals surface area contributed by atoms with Gasteiger partial charge >= 0.3 is 0 Å². The van der Waals surface area contributed by atoms with Crippen molar-refractivity contribution < 1.29 is 8.78 Å². The molecule has 5 atom stereocenters. The van der Waals surface area contributed by atoms with Crippen molar-refractivity contribution in [3.05, 3.63) is 22.7 Å². The van der Waals surface area contributed by atoms with Crippen LogP contribution in [0.3, 0.4) is 0 Å². The van der Waals surface area contributed by atoms with Gasteiger partial charge in [-0.25, -0.2) is 4.68 Å². The fourth-order valence-corrected chi connectivity index (χ4v) is 7.69. The molecule has 0 spiro atoms. The number of aromatic nitrogens is 3. The maximum atomic E-state index is 15.0. The van der Waals surface area contributed by atoms with Gasteiger partial charge in [0.1, 0.15) is 0 Å². The maximum Gasteiger partial charge on any atom is 0.293 e. The fourth-order valence-electron chi connectivity index (χ4n) is 7.69. The van der Waals surface area contributed by atoms with Gasteiger partial charge in [0.2, 0.25) is 0 Å². The van der Waals surface area contributed by atoms with Crippen LogP contribution in [0.25, 0.3) is 0 Å². The number of halogens is 2. The summed E-state index contributed by atoms with van der Waals surface area (Å²) in [5.41, 5.74) is 8.19. The van der Waals surface area contributed by atoms with Crippen molar-refractivity contribution in [1.82, 2.24) is 20.4 Å². The molecule has 5 unspecified atom stereocenters. The van der Waals surface area contributed by atoms with E-state index in [4.69, 9.17) is 0 Å². The average Bonchev–Trinajstić information content (AvgIpc) is 3.24. The van der Waals surface area contributed by atoms with E-state index in [9.17, 15) is 8.78 Å². The van der Waals surface area contributed by atoms with E-state index in [1.54, 1.807) is 5.57 Å². The second-order valence-corrected chi connectivity index (χ2v) is 14.3. The predicted molar refractivity (Wildman–Crippen MR) is 160 cm³/mol. The lowest BCUT2D eigenvalue weighted by Crippen LogP contribution is -2.31. The lowest BCUT2D eigenvalue weighted by molar-refractivity contribution is -0.0245. The topological polar surface area (TPSA) is 55.1 Å². The molecule has 40 heavy (non-hydrogen) atoms. The van der Waals surface area contributed by atoms with E-state index in [2.05, 4.69) is 69.3 Å². The van der Waals surface area contributed by atoms with Crippen molar-refractivity contribution in [3.8, 4) is 0 Å². The zero-order chi connectivity index (χ0) is 29.0. The van der Waals surface area contributed by atoms with Gasteiger partial charge in [0, 0.05) is 30.3 Å². The first kappa shape index (κ1) is 31.2. The molecule has 1 N–H and O–H groups in total. The van der Waals surface area contributed by atoms with Crippen LogP contribution in [0, 0.1) is 41.4 Å². The monoisotopic (exact) mass is 559 g/mol. The van der Waals surface area contributed by atoms with Gasteiger partial charge in [-0.2, -0.15) is 13.9 Å². The summed E-state index contributed by atoms with van der Waals surface area (Å²) < 4.78 is 31.8. The molecule has 1 aliphatic heterocycles. The first-order chi connectivity index (χ1) is 19.0. The minimum atomic E-state index is -2.87. The highest BCUT2D eigenvalue weighted by molar-refractivity contribution is 5.87. The second kappa shape index (κ2) is 13.5. The zero-order valence-corrected chi connectivity index (χ0v) is 26.3. The van der Waals surface area contributed by atoms with Gasteiger partial charge in [0.05, 0.1) is 5.69 Å². The summed E-state index contributed by atoms with van der Waals surface area (Å²) in [5.74, 6) is 0.896. The third kappa shape index (κ3) is 7.53. The van der Waals surface area contributed by atoms with Gasteiger partial charge in [-0.05, 0) is 112 Å². The van der Waals surface area contributed by atoms with Gasteiger partial charge in [-0.15, -0.1) is 5.10 Å². The summed E-state index contributed by atoms with van der Waals surface area (Å²) in [4.78, 5) is 0. The molecule has 0 saturated heterocycles. The van der Waals surface area contributed by atoms with Gasteiger partial charge in [-0.3, -0.25) is 5.43 Å². The molecule has 0 bridgehead atoms. The Kier molecular flexibility index (Phi) is 10.5. The Morgan fingerprint density at radius 1 is 1.00 bits per heavy atom. The second-order valence-electron chi connectivity index (χ2n) is 14.3. The van der Waals surface area contributed by atoms with E-state index in [-0.39, 0.29) is 12.1 Å². The third-order valence-corrected chi connectivity index (χ3v) is 10.0. The molecule has 4 rings (SSSR count). The molecular formula is C33H55F2N5. The minimum Gasteiger partial charge on any atom is -0.282 e. The summed E-state index contributed by atoms with van der Waals surface area (Å²) in [5, 5.41) is 13.0. The molecule has 0 amide bonds. The first-order valence-corrected chi connectivity index (χ1v) is 16.3. The average molecular weight is 560 g/mol. The molecule has 1 aromatic heterocycles. The number of fused-ring (bicyclic) bond motifs is 2. The summed E-state index contributed by atoms with van der Waals surface area (Å²) in [6.07, 6.45) is 11.5. The highest BCUT2D eigenvalue weighted by atomic mass is 19.3. The molecule has 2 heterocycles. The Balaban J connectivity index is 1.35. The van der Waals surface area contributed by atoms with Gasteiger partial charge in [-0.1, -0.05) is 53.2 Å². The fraction of sp³-hybridized carbons (Fsp3) is 0.848. The van der Waals surface area contributed by atoms with E-state index >= 15 is 0 Å². The third-order valence-electron chi connectivity index (χ3n) is 10.0. The zero-order valence-electron chi connectivity index (χ0n) is 26.3. The van der Waals surface area contributed by atoms with Crippen molar-refractivity contribution in [2.75, 3.05) is 0 Å². The van der Waals surface area contributed by atoms with Crippen LogP contribution in [0.1, 0.15) is 130 Å². The van der Waals surface area contributed by atoms with Crippen molar-refractivity contribution in [1.29, 1.82) is 0 Å². The largest absolute Gasteiger partial charge is 0.293 e. The standard InChI is InChI=1S/C33H55F2N5/c1-21(2)18-26-10-9-17-33(34,35)32-30(19-26)40(39-38-32)20-23(5)13-14-24(6)27-11-8-12-29-28(16-15-27)25(7)36-37-31(29)22(3)4/h21-24,26-28,37H,8-20H2,1-7H3. The summed E-state index contributed by atoms with van der Waals surface area (Å²) >= 11 is 0. The number of rotatable bonds is 9. The van der Waals surface area contributed by atoms with Crippen LogP contribution in [0.4, 0.5) is 8.78 Å². The first-order valence-electron chi connectivity index (χ1n) is 16.3. The Hall–Kier alpha value is -1.79. The Morgan fingerprint density at radius 2 is 1.77 bits per heavy atom. The summed E-state index contributed by atoms with van der Waals surface area (Å²) in [6.45, 7) is 16.5. The Bertz CT molecular complexity index is 1040. The van der Waals surface area contributed by atoms with E-state index in [1.165, 1.54) is 49.9 Å². The Labute approximate surface area is 242 Å². The van der Waals surface area contributed by atoms with Crippen LogP contribution >= 0.6 is 0 Å². The van der Waals surface area contributed by atoms with E-state index < -0.39 is 5.92 Å². The number of alkyl halides is 2. The van der Waals surface area contributed by atoms with Crippen LogP contribution in [0.15, 0.2) is 16.4 Å². The summed E-state index contributed by atoms with van der Waals surface area (Å²) in [6, 6.07) is 0. The molecule has 0 radical (unpaired) electrons.